The van der Waals surface area contributed by atoms with Gasteiger partial charge in [0, 0.05) is 31.0 Å². The van der Waals surface area contributed by atoms with Gasteiger partial charge in [0.05, 0.1) is 6.54 Å². The quantitative estimate of drug-likeness (QED) is 0.759. The van der Waals surface area contributed by atoms with Crippen molar-refractivity contribution in [2.45, 2.75) is 24.9 Å². The average molecular weight is 248 g/mol. The molecule has 5 heteroatoms. The molecule has 0 radical (unpaired) electrons. The van der Waals surface area contributed by atoms with Gasteiger partial charge in [-0.25, -0.2) is 0 Å². The van der Waals surface area contributed by atoms with Gasteiger partial charge < -0.3 is 11.1 Å². The summed E-state index contributed by atoms with van der Waals surface area (Å²) in [4.78, 5) is 17.7. The maximum absolute atomic E-state index is 11.7. The molecule has 5 nitrogen and oxygen atoms in total. The molecule has 18 heavy (non-hydrogen) atoms. The average Bonchev–Trinajstić information content (AvgIpc) is 3.15. The monoisotopic (exact) mass is 248 g/mol. The van der Waals surface area contributed by atoms with Gasteiger partial charge in [0.1, 0.15) is 0 Å². The molecule has 1 unspecified atom stereocenters. The summed E-state index contributed by atoms with van der Waals surface area (Å²) in [6.07, 6.45) is 5.71. The number of pyridine rings is 1. The Labute approximate surface area is 107 Å². The van der Waals surface area contributed by atoms with Crippen molar-refractivity contribution in [3.8, 4) is 0 Å². The fraction of sp³-hybridized carbons (Fsp3) is 0.538. The Morgan fingerprint density at radius 1 is 1.56 bits per heavy atom. The number of carbonyl (C=O) groups is 1. The first-order chi connectivity index (χ1) is 8.70. The fourth-order valence-electron chi connectivity index (χ4n) is 1.99. The third-order valence-electron chi connectivity index (χ3n) is 3.18. The molecule has 98 valence electrons. The molecule has 1 saturated carbocycles. The first-order valence-corrected chi connectivity index (χ1v) is 6.30. The summed E-state index contributed by atoms with van der Waals surface area (Å²) in [6.45, 7) is 0.859. The molecule has 0 bridgehead atoms. The van der Waals surface area contributed by atoms with Crippen LogP contribution < -0.4 is 11.1 Å². The summed E-state index contributed by atoms with van der Waals surface area (Å²) in [5.74, 6) is 0.0764. The van der Waals surface area contributed by atoms with E-state index in [-0.39, 0.29) is 11.9 Å². The molecule has 1 atom stereocenters. The highest BCUT2D eigenvalue weighted by atomic mass is 16.2. The molecule has 0 spiro atoms. The maximum atomic E-state index is 11.7. The van der Waals surface area contributed by atoms with Gasteiger partial charge in [0.15, 0.2) is 0 Å². The molecule has 1 fully saturated rings. The summed E-state index contributed by atoms with van der Waals surface area (Å²) in [6, 6.07) is 4.33. The van der Waals surface area contributed by atoms with Gasteiger partial charge in [-0.2, -0.15) is 0 Å². The topological polar surface area (TPSA) is 71.2 Å². The summed E-state index contributed by atoms with van der Waals surface area (Å²) >= 11 is 0. The van der Waals surface area contributed by atoms with E-state index in [1.54, 1.807) is 12.4 Å². The minimum absolute atomic E-state index is 0.0537. The Morgan fingerprint density at radius 2 is 2.22 bits per heavy atom. The Kier molecular flexibility index (Phi) is 4.28. The summed E-state index contributed by atoms with van der Waals surface area (Å²) in [5.41, 5.74) is 6.89. The predicted molar refractivity (Wildman–Crippen MR) is 69.8 cm³/mol. The van der Waals surface area contributed by atoms with E-state index in [0.29, 0.717) is 19.1 Å². The standard InChI is InChI=1S/C13H20N4O/c1-17(9-13(18)16-11-2-3-11)12(8-14)10-4-6-15-7-5-10/h4-7,11-12H,2-3,8-9,14H2,1H3,(H,16,18). The van der Waals surface area contributed by atoms with Crippen molar-refractivity contribution in [1.82, 2.24) is 15.2 Å². The highest BCUT2D eigenvalue weighted by Crippen LogP contribution is 2.19. The van der Waals surface area contributed by atoms with E-state index in [2.05, 4.69) is 10.3 Å². The van der Waals surface area contributed by atoms with Crippen LogP contribution in [0.25, 0.3) is 0 Å². The Bertz CT molecular complexity index is 391. The summed E-state index contributed by atoms with van der Waals surface area (Å²) in [7, 11) is 1.92. The van der Waals surface area contributed by atoms with Crippen LogP contribution in [0.3, 0.4) is 0 Å². The van der Waals surface area contributed by atoms with Crippen molar-refractivity contribution >= 4 is 5.91 Å². The van der Waals surface area contributed by atoms with Crippen LogP contribution in [0.4, 0.5) is 0 Å². The molecule has 0 aliphatic heterocycles. The van der Waals surface area contributed by atoms with Crippen LogP contribution in [0.5, 0.6) is 0 Å². The second kappa shape index (κ2) is 5.93. The van der Waals surface area contributed by atoms with Crippen molar-refractivity contribution in [3.63, 3.8) is 0 Å². The predicted octanol–water partition coefficient (Wildman–Crippen LogP) is 0.292. The lowest BCUT2D eigenvalue weighted by atomic mass is 10.1. The minimum Gasteiger partial charge on any atom is -0.352 e. The number of nitrogens with one attached hydrogen (secondary N) is 1. The summed E-state index contributed by atoms with van der Waals surface area (Å²) < 4.78 is 0. The highest BCUT2D eigenvalue weighted by molar-refractivity contribution is 5.78. The summed E-state index contributed by atoms with van der Waals surface area (Å²) in [5, 5.41) is 2.98. The van der Waals surface area contributed by atoms with E-state index >= 15 is 0 Å². The van der Waals surface area contributed by atoms with E-state index in [4.69, 9.17) is 5.73 Å². The molecule has 1 amide bonds. The number of likely N-dealkylation sites (N-methyl/N-ethyl adjacent to an activating group) is 1. The molecule has 1 aliphatic carbocycles. The van der Waals surface area contributed by atoms with Crippen LogP contribution in [0.15, 0.2) is 24.5 Å². The largest absolute Gasteiger partial charge is 0.352 e. The van der Waals surface area contributed by atoms with Gasteiger partial charge in [-0.05, 0) is 37.6 Å². The lowest BCUT2D eigenvalue weighted by Crippen LogP contribution is -2.40. The Hall–Kier alpha value is -1.46. The molecule has 2 rings (SSSR count). The van der Waals surface area contributed by atoms with Gasteiger partial charge in [0.2, 0.25) is 5.91 Å². The van der Waals surface area contributed by atoms with E-state index in [9.17, 15) is 4.79 Å². The van der Waals surface area contributed by atoms with Crippen molar-refractivity contribution in [2.75, 3.05) is 20.1 Å². The van der Waals surface area contributed by atoms with Crippen molar-refractivity contribution in [1.29, 1.82) is 0 Å². The van der Waals surface area contributed by atoms with Crippen LogP contribution in [0.1, 0.15) is 24.4 Å². The number of nitrogens with zero attached hydrogens (tertiary/aromatic N) is 2. The minimum atomic E-state index is 0.0537. The first kappa shape index (κ1) is 13.0. The zero-order valence-corrected chi connectivity index (χ0v) is 10.7. The van der Waals surface area contributed by atoms with Crippen LogP contribution >= 0.6 is 0 Å². The normalized spacial score (nSPS) is 16.6. The maximum Gasteiger partial charge on any atom is 0.234 e. The number of rotatable bonds is 6. The molecule has 1 heterocycles. The van der Waals surface area contributed by atoms with E-state index < -0.39 is 0 Å². The van der Waals surface area contributed by atoms with E-state index in [1.165, 1.54) is 0 Å². The first-order valence-electron chi connectivity index (χ1n) is 6.30. The third-order valence-corrected chi connectivity index (χ3v) is 3.18. The van der Waals surface area contributed by atoms with Crippen LogP contribution in [-0.4, -0.2) is 42.0 Å². The van der Waals surface area contributed by atoms with Gasteiger partial charge in [-0.3, -0.25) is 14.7 Å². The van der Waals surface area contributed by atoms with Crippen LogP contribution in [0.2, 0.25) is 0 Å². The molecular weight excluding hydrogens is 228 g/mol. The fourth-order valence-corrected chi connectivity index (χ4v) is 1.99. The number of aromatic nitrogens is 1. The number of hydrogen-bond acceptors (Lipinski definition) is 4. The van der Waals surface area contributed by atoms with E-state index in [0.717, 1.165) is 18.4 Å². The van der Waals surface area contributed by atoms with Gasteiger partial charge in [-0.15, -0.1) is 0 Å². The molecule has 0 aromatic carbocycles. The highest BCUT2D eigenvalue weighted by Gasteiger charge is 2.25. The number of hydrogen-bond donors (Lipinski definition) is 2. The Balaban J connectivity index is 1.92. The number of nitrogens with two attached hydrogens (primary N) is 1. The number of carbonyl (C=O) groups excluding carboxylic acids is 1. The molecule has 3 N–H and O–H groups in total. The molecule has 1 aliphatic rings. The Morgan fingerprint density at radius 3 is 2.78 bits per heavy atom. The van der Waals surface area contributed by atoms with Crippen LogP contribution in [0, 0.1) is 0 Å². The van der Waals surface area contributed by atoms with Gasteiger partial charge >= 0.3 is 0 Å². The lowest BCUT2D eigenvalue weighted by Gasteiger charge is -2.26. The zero-order valence-electron chi connectivity index (χ0n) is 10.7. The van der Waals surface area contributed by atoms with Crippen LogP contribution in [-0.2, 0) is 4.79 Å². The van der Waals surface area contributed by atoms with Gasteiger partial charge in [-0.1, -0.05) is 0 Å². The van der Waals surface area contributed by atoms with Crippen molar-refractivity contribution in [2.24, 2.45) is 5.73 Å². The second-order valence-electron chi connectivity index (χ2n) is 4.79. The van der Waals surface area contributed by atoms with E-state index in [1.807, 2.05) is 24.1 Å². The molecular formula is C13H20N4O. The lowest BCUT2D eigenvalue weighted by molar-refractivity contribution is -0.122. The van der Waals surface area contributed by atoms with Gasteiger partial charge in [0.25, 0.3) is 0 Å². The SMILES string of the molecule is CN(CC(=O)NC1CC1)C(CN)c1ccncc1. The smallest absolute Gasteiger partial charge is 0.234 e. The molecule has 1 aromatic rings. The zero-order chi connectivity index (χ0) is 13.0. The van der Waals surface area contributed by atoms with Crippen molar-refractivity contribution in [3.05, 3.63) is 30.1 Å². The molecule has 1 aromatic heterocycles. The second-order valence-corrected chi connectivity index (χ2v) is 4.79. The third kappa shape index (κ3) is 3.51. The van der Waals surface area contributed by atoms with Crippen molar-refractivity contribution < 1.29 is 4.79 Å². The molecule has 0 saturated heterocycles. The number of amides is 1.